The fourth-order valence-corrected chi connectivity index (χ4v) is 1.20. The molecular weight excluding hydrogens is 232 g/mol. The van der Waals surface area contributed by atoms with Gasteiger partial charge in [-0.1, -0.05) is 6.92 Å². The van der Waals surface area contributed by atoms with Crippen molar-refractivity contribution >= 4 is 11.7 Å². The third kappa shape index (κ3) is 4.57. The molecule has 1 heterocycles. The van der Waals surface area contributed by atoms with Crippen molar-refractivity contribution in [3.8, 4) is 5.88 Å². The molecule has 0 spiro atoms. The Morgan fingerprint density at radius 1 is 1.44 bits per heavy atom. The van der Waals surface area contributed by atoms with E-state index in [1.807, 2.05) is 13.8 Å². The van der Waals surface area contributed by atoms with E-state index in [-0.39, 0.29) is 12.5 Å². The van der Waals surface area contributed by atoms with Crippen LogP contribution in [0.2, 0.25) is 0 Å². The second-order valence-corrected chi connectivity index (χ2v) is 3.85. The number of nitrogens with zero attached hydrogens (tertiary/aromatic N) is 3. The van der Waals surface area contributed by atoms with Gasteiger partial charge < -0.3 is 15.0 Å². The summed E-state index contributed by atoms with van der Waals surface area (Å²) in [5.74, 6) is 1.13. The van der Waals surface area contributed by atoms with Crippen LogP contribution >= 0.6 is 0 Å². The third-order valence-corrected chi connectivity index (χ3v) is 2.42. The van der Waals surface area contributed by atoms with Crippen molar-refractivity contribution in [2.45, 2.75) is 20.3 Å². The molecule has 0 radical (unpaired) electrons. The second kappa shape index (κ2) is 7.47. The molecule has 0 aliphatic rings. The molecule has 0 bridgehead atoms. The minimum atomic E-state index is 0.0205. The van der Waals surface area contributed by atoms with E-state index in [0.29, 0.717) is 24.8 Å². The number of likely N-dealkylation sites (N-methyl/N-ethyl adjacent to an activating group) is 1. The minimum absolute atomic E-state index is 0.0205. The molecule has 18 heavy (non-hydrogen) atoms. The van der Waals surface area contributed by atoms with E-state index in [4.69, 9.17) is 4.74 Å². The predicted octanol–water partition coefficient (Wildman–Crippen LogP) is 1.16. The fourth-order valence-electron chi connectivity index (χ4n) is 1.20. The molecule has 0 atom stereocenters. The Bertz CT molecular complexity index is 384. The summed E-state index contributed by atoms with van der Waals surface area (Å²) >= 11 is 0. The predicted molar refractivity (Wildman–Crippen MR) is 69.6 cm³/mol. The van der Waals surface area contributed by atoms with Crippen molar-refractivity contribution in [1.29, 1.82) is 0 Å². The van der Waals surface area contributed by atoms with E-state index in [1.165, 1.54) is 6.33 Å². The monoisotopic (exact) mass is 252 g/mol. The van der Waals surface area contributed by atoms with Gasteiger partial charge in [0.2, 0.25) is 11.8 Å². The molecule has 1 rings (SSSR count). The van der Waals surface area contributed by atoms with Crippen LogP contribution in [0.1, 0.15) is 20.3 Å². The van der Waals surface area contributed by atoms with E-state index in [0.717, 1.165) is 6.42 Å². The van der Waals surface area contributed by atoms with Crippen molar-refractivity contribution in [3.63, 3.8) is 0 Å². The van der Waals surface area contributed by atoms with Gasteiger partial charge in [-0.15, -0.1) is 0 Å². The summed E-state index contributed by atoms with van der Waals surface area (Å²) in [4.78, 5) is 21.3. The number of amides is 1. The lowest BCUT2D eigenvalue weighted by Gasteiger charge is -2.15. The van der Waals surface area contributed by atoms with E-state index < -0.39 is 0 Å². The van der Waals surface area contributed by atoms with Gasteiger partial charge in [0, 0.05) is 19.7 Å². The summed E-state index contributed by atoms with van der Waals surface area (Å²) in [6.07, 6.45) is 2.34. The van der Waals surface area contributed by atoms with E-state index >= 15 is 0 Å². The Hall–Kier alpha value is -1.85. The Morgan fingerprint density at radius 2 is 2.22 bits per heavy atom. The van der Waals surface area contributed by atoms with Crippen LogP contribution in [0.15, 0.2) is 12.4 Å². The van der Waals surface area contributed by atoms with E-state index in [9.17, 15) is 4.79 Å². The first-order valence-electron chi connectivity index (χ1n) is 6.10. The largest absolute Gasteiger partial charge is 0.478 e. The highest BCUT2D eigenvalue weighted by molar-refractivity contribution is 5.80. The minimum Gasteiger partial charge on any atom is -0.478 e. The zero-order chi connectivity index (χ0) is 13.4. The number of hydrogen-bond acceptors (Lipinski definition) is 5. The molecule has 0 unspecified atom stereocenters. The van der Waals surface area contributed by atoms with Gasteiger partial charge in [0.25, 0.3) is 0 Å². The average molecular weight is 252 g/mol. The number of aromatic nitrogens is 2. The second-order valence-electron chi connectivity index (χ2n) is 3.85. The standard InChI is InChI=1S/C12H20N4O2/c1-4-6-18-11-7-10(14-9-15-11)13-8-12(17)16(3)5-2/h7,9H,4-6,8H2,1-3H3,(H,13,14,15). The zero-order valence-electron chi connectivity index (χ0n) is 11.1. The normalized spacial score (nSPS) is 9.94. The first-order valence-corrected chi connectivity index (χ1v) is 6.10. The molecule has 0 saturated carbocycles. The molecule has 0 aromatic carbocycles. The summed E-state index contributed by atoms with van der Waals surface area (Å²) < 4.78 is 5.38. The number of nitrogens with one attached hydrogen (secondary N) is 1. The Kier molecular flexibility index (Phi) is 5.90. The maximum absolute atomic E-state index is 11.6. The number of ether oxygens (including phenoxy) is 1. The Labute approximate surface area is 107 Å². The van der Waals surface area contributed by atoms with Gasteiger partial charge in [0.05, 0.1) is 13.2 Å². The molecule has 1 aromatic heterocycles. The molecule has 0 aliphatic heterocycles. The fraction of sp³-hybridized carbons (Fsp3) is 0.583. The molecule has 1 amide bonds. The average Bonchev–Trinajstić information content (AvgIpc) is 2.42. The van der Waals surface area contributed by atoms with Crippen molar-refractivity contribution in [3.05, 3.63) is 12.4 Å². The van der Waals surface area contributed by atoms with Gasteiger partial charge in [-0.05, 0) is 13.3 Å². The summed E-state index contributed by atoms with van der Waals surface area (Å²) in [7, 11) is 1.76. The highest BCUT2D eigenvalue weighted by atomic mass is 16.5. The van der Waals surface area contributed by atoms with Crippen LogP contribution in [0, 0.1) is 0 Å². The molecular formula is C12H20N4O2. The van der Waals surface area contributed by atoms with Crippen LogP contribution in [0.4, 0.5) is 5.82 Å². The summed E-state index contributed by atoms with van der Waals surface area (Å²) in [6.45, 7) is 5.48. The maximum atomic E-state index is 11.6. The summed E-state index contributed by atoms with van der Waals surface area (Å²) in [5, 5.41) is 2.95. The number of rotatable bonds is 7. The van der Waals surface area contributed by atoms with Crippen LogP contribution in [0.25, 0.3) is 0 Å². The molecule has 6 nitrogen and oxygen atoms in total. The Balaban J connectivity index is 2.49. The molecule has 6 heteroatoms. The number of anilines is 1. The van der Waals surface area contributed by atoms with Crippen LogP contribution in [-0.2, 0) is 4.79 Å². The van der Waals surface area contributed by atoms with E-state index in [1.54, 1.807) is 18.0 Å². The number of carbonyl (C=O) groups excluding carboxylic acids is 1. The number of carbonyl (C=O) groups is 1. The van der Waals surface area contributed by atoms with Crippen LogP contribution < -0.4 is 10.1 Å². The van der Waals surface area contributed by atoms with Gasteiger partial charge in [-0.3, -0.25) is 4.79 Å². The highest BCUT2D eigenvalue weighted by Gasteiger charge is 2.06. The van der Waals surface area contributed by atoms with Crippen LogP contribution in [0.3, 0.4) is 0 Å². The van der Waals surface area contributed by atoms with Crippen molar-refractivity contribution in [2.75, 3.05) is 32.1 Å². The SMILES string of the molecule is CCCOc1cc(NCC(=O)N(C)CC)ncn1. The first kappa shape index (κ1) is 14.2. The zero-order valence-corrected chi connectivity index (χ0v) is 11.1. The Morgan fingerprint density at radius 3 is 2.89 bits per heavy atom. The smallest absolute Gasteiger partial charge is 0.241 e. The molecule has 0 aliphatic carbocycles. The molecule has 1 aromatic rings. The van der Waals surface area contributed by atoms with Crippen LogP contribution in [0.5, 0.6) is 5.88 Å². The summed E-state index contributed by atoms with van der Waals surface area (Å²) in [5.41, 5.74) is 0. The van der Waals surface area contributed by atoms with E-state index in [2.05, 4.69) is 15.3 Å². The van der Waals surface area contributed by atoms with Crippen molar-refractivity contribution in [1.82, 2.24) is 14.9 Å². The molecule has 0 saturated heterocycles. The van der Waals surface area contributed by atoms with Crippen molar-refractivity contribution in [2.24, 2.45) is 0 Å². The highest BCUT2D eigenvalue weighted by Crippen LogP contribution is 2.10. The molecule has 1 N–H and O–H groups in total. The van der Waals surface area contributed by atoms with Gasteiger partial charge in [-0.25, -0.2) is 9.97 Å². The lowest BCUT2D eigenvalue weighted by atomic mass is 10.4. The quantitative estimate of drug-likeness (QED) is 0.788. The van der Waals surface area contributed by atoms with Gasteiger partial charge >= 0.3 is 0 Å². The lowest BCUT2D eigenvalue weighted by Crippen LogP contribution is -2.32. The van der Waals surface area contributed by atoms with Crippen molar-refractivity contribution < 1.29 is 9.53 Å². The maximum Gasteiger partial charge on any atom is 0.241 e. The van der Waals surface area contributed by atoms with Gasteiger partial charge in [-0.2, -0.15) is 0 Å². The molecule has 0 fully saturated rings. The van der Waals surface area contributed by atoms with Gasteiger partial charge in [0.1, 0.15) is 12.1 Å². The van der Waals surface area contributed by atoms with Gasteiger partial charge in [0.15, 0.2) is 0 Å². The van der Waals surface area contributed by atoms with Crippen LogP contribution in [-0.4, -0.2) is 47.5 Å². The third-order valence-electron chi connectivity index (χ3n) is 2.42. The lowest BCUT2D eigenvalue weighted by molar-refractivity contribution is -0.127. The molecule has 100 valence electrons. The summed E-state index contributed by atoms with van der Waals surface area (Å²) in [6, 6.07) is 1.69. The topological polar surface area (TPSA) is 67.3 Å². The number of hydrogen-bond donors (Lipinski definition) is 1. The first-order chi connectivity index (χ1) is 8.67.